The molecule has 2 atom stereocenters. The Kier molecular flexibility index (Phi) is 5.52. The number of rotatable bonds is 3. The van der Waals surface area contributed by atoms with Gasteiger partial charge >= 0.3 is 0 Å². The lowest BCUT2D eigenvalue weighted by atomic mass is 10.1. The molecule has 0 bridgehead atoms. The number of ether oxygens (including phenoxy) is 2. The van der Waals surface area contributed by atoms with Gasteiger partial charge in [-0.05, 0) is 43.2 Å². The number of carbonyl (C=O) groups is 2. The molecule has 31 heavy (non-hydrogen) atoms. The Hall–Kier alpha value is -2.67. The quantitative estimate of drug-likeness (QED) is 0.730. The molecule has 7 heteroatoms. The molecular weight excluding hydrogens is 412 g/mol. The summed E-state index contributed by atoms with van der Waals surface area (Å²) < 4.78 is 10.9. The van der Waals surface area contributed by atoms with Gasteiger partial charge in [-0.3, -0.25) is 9.59 Å². The summed E-state index contributed by atoms with van der Waals surface area (Å²) in [5.74, 6) is 2.35. The first kappa shape index (κ1) is 20.2. The molecule has 3 aliphatic heterocycles. The minimum absolute atomic E-state index is 0.0321. The largest absolute Gasteiger partial charge is 0.454 e. The standard InChI is InChI=1S/C24H26N2O4S/c1-16-2-5-19(6-3-16)26-14-18(13-23(26)27)24(28)25-9-8-22(31-11-10-25)17-4-7-20-21(12-17)30-15-29-20/h2-7,12,18,22H,8-11,13-15H2,1H3. The van der Waals surface area contributed by atoms with E-state index in [0.717, 1.165) is 41.5 Å². The molecule has 0 aromatic heterocycles. The lowest BCUT2D eigenvalue weighted by molar-refractivity contribution is -0.135. The maximum absolute atomic E-state index is 13.2. The van der Waals surface area contributed by atoms with Crippen LogP contribution < -0.4 is 14.4 Å². The monoisotopic (exact) mass is 438 g/mol. The zero-order valence-electron chi connectivity index (χ0n) is 17.6. The zero-order valence-corrected chi connectivity index (χ0v) is 18.4. The summed E-state index contributed by atoms with van der Waals surface area (Å²) in [5.41, 5.74) is 3.24. The number of aryl methyl sites for hydroxylation is 1. The molecule has 2 aromatic carbocycles. The highest BCUT2D eigenvalue weighted by Gasteiger charge is 2.37. The molecular formula is C24H26N2O4S. The lowest BCUT2D eigenvalue weighted by Gasteiger charge is -2.24. The number of amides is 2. The maximum Gasteiger partial charge on any atom is 0.231 e. The molecule has 2 fully saturated rings. The third kappa shape index (κ3) is 4.11. The number of fused-ring (bicyclic) bond motifs is 1. The summed E-state index contributed by atoms with van der Waals surface area (Å²) in [4.78, 5) is 29.5. The Bertz CT molecular complexity index is 994. The SMILES string of the molecule is Cc1ccc(N2CC(C(=O)N3CCSC(c4ccc5c(c4)OCO5)CC3)CC2=O)cc1. The minimum atomic E-state index is -0.263. The van der Waals surface area contributed by atoms with Crippen molar-refractivity contribution in [1.82, 2.24) is 4.90 Å². The number of benzene rings is 2. The minimum Gasteiger partial charge on any atom is -0.454 e. The number of hydrogen-bond acceptors (Lipinski definition) is 5. The van der Waals surface area contributed by atoms with Gasteiger partial charge in [-0.25, -0.2) is 0 Å². The highest BCUT2D eigenvalue weighted by Crippen LogP contribution is 2.40. The van der Waals surface area contributed by atoms with Gasteiger partial charge in [0.2, 0.25) is 18.6 Å². The van der Waals surface area contributed by atoms with E-state index in [1.54, 1.807) is 4.90 Å². The average molecular weight is 439 g/mol. The van der Waals surface area contributed by atoms with Crippen molar-refractivity contribution in [3.63, 3.8) is 0 Å². The van der Waals surface area contributed by atoms with Gasteiger partial charge < -0.3 is 19.3 Å². The van der Waals surface area contributed by atoms with Crippen molar-refractivity contribution >= 4 is 29.3 Å². The second-order valence-electron chi connectivity index (χ2n) is 8.33. The van der Waals surface area contributed by atoms with Gasteiger partial charge in [0.15, 0.2) is 11.5 Å². The van der Waals surface area contributed by atoms with Crippen molar-refractivity contribution in [1.29, 1.82) is 0 Å². The lowest BCUT2D eigenvalue weighted by Crippen LogP contribution is -2.38. The molecule has 0 spiro atoms. The summed E-state index contributed by atoms with van der Waals surface area (Å²) in [6.45, 7) is 4.20. The average Bonchev–Trinajstić information content (AvgIpc) is 3.32. The topological polar surface area (TPSA) is 59.1 Å². The fourth-order valence-electron chi connectivity index (χ4n) is 4.48. The van der Waals surface area contributed by atoms with Crippen LogP contribution in [0.15, 0.2) is 42.5 Å². The van der Waals surface area contributed by atoms with Crippen LogP contribution in [0.4, 0.5) is 5.69 Å². The van der Waals surface area contributed by atoms with E-state index in [-0.39, 0.29) is 24.5 Å². The van der Waals surface area contributed by atoms with E-state index in [1.165, 1.54) is 5.56 Å². The van der Waals surface area contributed by atoms with Crippen molar-refractivity contribution in [2.75, 3.05) is 37.1 Å². The van der Waals surface area contributed by atoms with Crippen LogP contribution in [0.2, 0.25) is 0 Å². The third-order valence-corrected chi connectivity index (χ3v) is 7.57. The predicted molar refractivity (Wildman–Crippen MR) is 121 cm³/mol. The molecule has 5 rings (SSSR count). The third-order valence-electron chi connectivity index (χ3n) is 6.24. The van der Waals surface area contributed by atoms with E-state index in [0.29, 0.717) is 24.8 Å². The highest BCUT2D eigenvalue weighted by atomic mass is 32.2. The first-order valence-electron chi connectivity index (χ1n) is 10.8. The van der Waals surface area contributed by atoms with Gasteiger partial charge in [0, 0.05) is 42.7 Å². The number of carbonyl (C=O) groups excluding carboxylic acids is 2. The predicted octanol–water partition coefficient (Wildman–Crippen LogP) is 3.78. The Labute approximate surface area is 186 Å². The molecule has 2 aromatic rings. The zero-order chi connectivity index (χ0) is 21.4. The Morgan fingerprint density at radius 2 is 1.87 bits per heavy atom. The van der Waals surface area contributed by atoms with Crippen molar-refractivity contribution in [2.24, 2.45) is 5.92 Å². The number of hydrogen-bond donors (Lipinski definition) is 0. The van der Waals surface area contributed by atoms with E-state index < -0.39 is 0 Å². The van der Waals surface area contributed by atoms with Crippen molar-refractivity contribution in [3.8, 4) is 11.5 Å². The molecule has 0 radical (unpaired) electrons. The van der Waals surface area contributed by atoms with Crippen LogP contribution in [-0.2, 0) is 9.59 Å². The molecule has 0 aliphatic carbocycles. The fraction of sp³-hybridized carbons (Fsp3) is 0.417. The molecule has 3 heterocycles. The Morgan fingerprint density at radius 3 is 2.71 bits per heavy atom. The van der Waals surface area contributed by atoms with E-state index in [4.69, 9.17) is 9.47 Å². The van der Waals surface area contributed by atoms with Crippen LogP contribution in [0.3, 0.4) is 0 Å². The summed E-state index contributed by atoms with van der Waals surface area (Å²) in [7, 11) is 0. The van der Waals surface area contributed by atoms with Crippen molar-refractivity contribution < 1.29 is 19.1 Å². The first-order chi connectivity index (χ1) is 15.1. The second kappa shape index (κ2) is 8.46. The van der Waals surface area contributed by atoms with Crippen LogP contribution in [-0.4, -0.2) is 48.9 Å². The van der Waals surface area contributed by atoms with E-state index in [9.17, 15) is 9.59 Å². The smallest absolute Gasteiger partial charge is 0.231 e. The van der Waals surface area contributed by atoms with E-state index in [1.807, 2.05) is 53.9 Å². The van der Waals surface area contributed by atoms with Crippen LogP contribution in [0.5, 0.6) is 11.5 Å². The van der Waals surface area contributed by atoms with Crippen LogP contribution in [0, 0.1) is 12.8 Å². The van der Waals surface area contributed by atoms with Crippen molar-refractivity contribution in [2.45, 2.75) is 25.0 Å². The molecule has 2 amide bonds. The van der Waals surface area contributed by atoms with Crippen LogP contribution in [0.25, 0.3) is 0 Å². The van der Waals surface area contributed by atoms with Gasteiger partial charge in [-0.2, -0.15) is 11.8 Å². The van der Waals surface area contributed by atoms with Crippen molar-refractivity contribution in [3.05, 3.63) is 53.6 Å². The fourth-order valence-corrected chi connectivity index (χ4v) is 5.70. The molecule has 0 N–H and O–H groups in total. The number of nitrogens with zero attached hydrogens (tertiary/aromatic N) is 2. The molecule has 0 saturated carbocycles. The van der Waals surface area contributed by atoms with Gasteiger partial charge in [0.05, 0.1) is 5.92 Å². The number of anilines is 1. The Balaban J connectivity index is 1.22. The van der Waals surface area contributed by atoms with Crippen LogP contribution in [0.1, 0.15) is 29.2 Å². The van der Waals surface area contributed by atoms with Gasteiger partial charge in [-0.1, -0.05) is 23.8 Å². The van der Waals surface area contributed by atoms with E-state index >= 15 is 0 Å². The van der Waals surface area contributed by atoms with E-state index in [2.05, 4.69) is 12.1 Å². The summed E-state index contributed by atoms with van der Waals surface area (Å²) >= 11 is 1.88. The normalized spacial score (nSPS) is 23.2. The highest BCUT2D eigenvalue weighted by molar-refractivity contribution is 7.99. The number of thioether (sulfide) groups is 1. The Morgan fingerprint density at radius 1 is 1.06 bits per heavy atom. The molecule has 2 unspecified atom stereocenters. The molecule has 162 valence electrons. The van der Waals surface area contributed by atoms with Crippen LogP contribution >= 0.6 is 11.8 Å². The summed E-state index contributed by atoms with van der Waals surface area (Å²) in [5, 5.41) is 0.321. The second-order valence-corrected chi connectivity index (χ2v) is 9.64. The van der Waals surface area contributed by atoms with Gasteiger partial charge in [-0.15, -0.1) is 0 Å². The maximum atomic E-state index is 13.2. The molecule has 3 aliphatic rings. The van der Waals surface area contributed by atoms with Gasteiger partial charge in [0.25, 0.3) is 0 Å². The molecule has 2 saturated heterocycles. The first-order valence-corrected chi connectivity index (χ1v) is 11.8. The molecule has 6 nitrogen and oxygen atoms in total. The summed E-state index contributed by atoms with van der Waals surface area (Å²) in [6, 6.07) is 14.0. The van der Waals surface area contributed by atoms with Gasteiger partial charge in [0.1, 0.15) is 0 Å². The summed E-state index contributed by atoms with van der Waals surface area (Å²) in [6.07, 6.45) is 1.18.